The lowest BCUT2D eigenvalue weighted by Gasteiger charge is -2.47. The average molecular weight is 334 g/mol. The zero-order valence-corrected chi connectivity index (χ0v) is 14.9. The fraction of sp³-hybridized carbons (Fsp3) is 0.273. The number of methoxy groups -OCH3 is 1. The molecule has 0 amide bonds. The van der Waals surface area contributed by atoms with Gasteiger partial charge in [0.15, 0.2) is 0 Å². The van der Waals surface area contributed by atoms with E-state index in [-0.39, 0.29) is 5.75 Å². The predicted octanol–water partition coefficient (Wildman–Crippen LogP) is 4.72. The number of phenols is 1. The highest BCUT2D eigenvalue weighted by Crippen LogP contribution is 2.55. The molecule has 0 fully saturated rings. The molecule has 1 aliphatic rings. The topological polar surface area (TPSA) is 49.7 Å². The van der Waals surface area contributed by atoms with Crippen molar-refractivity contribution in [1.29, 1.82) is 0 Å². The van der Waals surface area contributed by atoms with Crippen LogP contribution < -0.4 is 4.74 Å². The molecule has 0 spiro atoms. The van der Waals surface area contributed by atoms with Crippen LogP contribution in [0, 0.1) is 0 Å². The fourth-order valence-electron chi connectivity index (χ4n) is 4.02. The van der Waals surface area contributed by atoms with Crippen LogP contribution in [-0.4, -0.2) is 17.3 Å². The van der Waals surface area contributed by atoms with Gasteiger partial charge in [0, 0.05) is 10.8 Å². The standard InChI is InChI=1S/C22H22O3/c1-21(2)18-12-19(23)16-11-13(25-4)9-10-14(16)20(18)15-7-5-6-8-17(15)22(21,3)24/h5-12,23-24H,1-4H3. The van der Waals surface area contributed by atoms with E-state index in [1.54, 1.807) is 13.2 Å². The molecule has 3 aromatic carbocycles. The molecular formula is C22H22O3. The summed E-state index contributed by atoms with van der Waals surface area (Å²) >= 11 is 0. The molecule has 3 nitrogen and oxygen atoms in total. The molecule has 0 saturated carbocycles. The third-order valence-electron chi connectivity index (χ3n) is 5.93. The molecule has 0 aliphatic heterocycles. The Balaban J connectivity index is 2.20. The monoisotopic (exact) mass is 334 g/mol. The lowest BCUT2D eigenvalue weighted by Crippen LogP contribution is -2.45. The first-order chi connectivity index (χ1) is 11.8. The molecule has 0 aromatic heterocycles. The Bertz CT molecular complexity index is 1000. The van der Waals surface area contributed by atoms with Gasteiger partial charge in [0.1, 0.15) is 11.5 Å². The molecule has 1 aliphatic carbocycles. The minimum Gasteiger partial charge on any atom is -0.507 e. The first-order valence-corrected chi connectivity index (χ1v) is 8.45. The number of aromatic hydroxyl groups is 1. The molecular weight excluding hydrogens is 312 g/mol. The van der Waals surface area contributed by atoms with E-state index in [1.165, 1.54) is 0 Å². The van der Waals surface area contributed by atoms with Crippen LogP contribution in [0.3, 0.4) is 0 Å². The minimum absolute atomic E-state index is 0.205. The largest absolute Gasteiger partial charge is 0.507 e. The van der Waals surface area contributed by atoms with Crippen molar-refractivity contribution in [1.82, 2.24) is 0 Å². The van der Waals surface area contributed by atoms with Gasteiger partial charge in [0.05, 0.1) is 12.7 Å². The summed E-state index contributed by atoms with van der Waals surface area (Å²) in [5.41, 5.74) is 2.35. The average Bonchev–Trinajstić information content (AvgIpc) is 2.60. The second kappa shape index (κ2) is 4.99. The van der Waals surface area contributed by atoms with Crippen LogP contribution in [0.2, 0.25) is 0 Å². The Hall–Kier alpha value is -2.52. The lowest BCUT2D eigenvalue weighted by atomic mass is 9.60. The maximum absolute atomic E-state index is 11.3. The molecule has 4 rings (SSSR count). The van der Waals surface area contributed by atoms with Crippen LogP contribution in [-0.2, 0) is 11.0 Å². The molecule has 0 saturated heterocycles. The molecule has 25 heavy (non-hydrogen) atoms. The highest BCUT2D eigenvalue weighted by atomic mass is 16.5. The number of phenolic OH excluding ortho intramolecular Hbond substituents is 1. The van der Waals surface area contributed by atoms with Crippen molar-refractivity contribution >= 4 is 10.8 Å². The lowest BCUT2D eigenvalue weighted by molar-refractivity contribution is -0.0151. The van der Waals surface area contributed by atoms with Crippen LogP contribution in [0.4, 0.5) is 0 Å². The Labute approximate surface area is 147 Å². The number of hydrogen-bond donors (Lipinski definition) is 2. The van der Waals surface area contributed by atoms with Crippen molar-refractivity contribution in [2.45, 2.75) is 31.8 Å². The molecule has 0 radical (unpaired) electrons. The van der Waals surface area contributed by atoms with Crippen LogP contribution in [0.15, 0.2) is 48.5 Å². The normalized spacial score (nSPS) is 20.8. The van der Waals surface area contributed by atoms with E-state index in [2.05, 4.69) is 0 Å². The van der Waals surface area contributed by atoms with Crippen molar-refractivity contribution in [2.24, 2.45) is 0 Å². The van der Waals surface area contributed by atoms with Gasteiger partial charge in [-0.2, -0.15) is 0 Å². The van der Waals surface area contributed by atoms with E-state index in [1.807, 2.05) is 63.2 Å². The van der Waals surface area contributed by atoms with Crippen molar-refractivity contribution in [3.05, 3.63) is 59.7 Å². The second-order valence-electron chi connectivity index (χ2n) is 7.47. The van der Waals surface area contributed by atoms with E-state index in [9.17, 15) is 10.2 Å². The smallest absolute Gasteiger partial charge is 0.123 e. The highest BCUT2D eigenvalue weighted by molar-refractivity contribution is 6.04. The first-order valence-electron chi connectivity index (χ1n) is 8.45. The minimum atomic E-state index is -1.04. The number of aliphatic hydroxyl groups is 1. The third-order valence-corrected chi connectivity index (χ3v) is 5.93. The number of ether oxygens (including phenoxy) is 1. The molecule has 0 heterocycles. The number of hydrogen-bond acceptors (Lipinski definition) is 3. The molecule has 1 unspecified atom stereocenters. The molecule has 1 atom stereocenters. The van der Waals surface area contributed by atoms with E-state index in [0.717, 1.165) is 33.0 Å². The maximum Gasteiger partial charge on any atom is 0.123 e. The molecule has 0 bridgehead atoms. The van der Waals surface area contributed by atoms with Crippen LogP contribution in [0.5, 0.6) is 11.5 Å². The van der Waals surface area contributed by atoms with Gasteiger partial charge in [-0.05, 0) is 58.8 Å². The van der Waals surface area contributed by atoms with Gasteiger partial charge >= 0.3 is 0 Å². The zero-order valence-electron chi connectivity index (χ0n) is 14.9. The predicted molar refractivity (Wildman–Crippen MR) is 100 cm³/mol. The van der Waals surface area contributed by atoms with Gasteiger partial charge in [0.25, 0.3) is 0 Å². The van der Waals surface area contributed by atoms with Crippen LogP contribution in [0.25, 0.3) is 21.9 Å². The van der Waals surface area contributed by atoms with Gasteiger partial charge in [-0.15, -0.1) is 0 Å². The summed E-state index contributed by atoms with van der Waals surface area (Å²) < 4.78 is 5.31. The van der Waals surface area contributed by atoms with Gasteiger partial charge in [-0.25, -0.2) is 0 Å². The number of rotatable bonds is 1. The molecule has 3 heteroatoms. The van der Waals surface area contributed by atoms with Crippen molar-refractivity contribution in [3.63, 3.8) is 0 Å². The molecule has 128 valence electrons. The number of fused-ring (bicyclic) bond motifs is 5. The molecule has 2 N–H and O–H groups in total. The number of benzene rings is 3. The van der Waals surface area contributed by atoms with Crippen molar-refractivity contribution in [3.8, 4) is 22.6 Å². The van der Waals surface area contributed by atoms with E-state index in [0.29, 0.717) is 5.75 Å². The quantitative estimate of drug-likeness (QED) is 0.677. The Morgan fingerprint density at radius 1 is 0.880 bits per heavy atom. The Morgan fingerprint density at radius 3 is 2.32 bits per heavy atom. The highest BCUT2D eigenvalue weighted by Gasteiger charge is 2.48. The summed E-state index contributed by atoms with van der Waals surface area (Å²) in [7, 11) is 1.62. The first kappa shape index (κ1) is 16.0. The Morgan fingerprint density at radius 2 is 1.60 bits per heavy atom. The van der Waals surface area contributed by atoms with E-state index < -0.39 is 11.0 Å². The van der Waals surface area contributed by atoms with Gasteiger partial charge in [-0.1, -0.05) is 38.1 Å². The molecule has 3 aromatic rings. The van der Waals surface area contributed by atoms with Crippen molar-refractivity contribution < 1.29 is 14.9 Å². The van der Waals surface area contributed by atoms with Gasteiger partial charge in [-0.3, -0.25) is 0 Å². The Kier molecular flexibility index (Phi) is 3.19. The van der Waals surface area contributed by atoms with Crippen LogP contribution in [0.1, 0.15) is 31.9 Å². The summed E-state index contributed by atoms with van der Waals surface area (Å²) in [4.78, 5) is 0. The maximum atomic E-state index is 11.3. The fourth-order valence-corrected chi connectivity index (χ4v) is 4.02. The van der Waals surface area contributed by atoms with Gasteiger partial charge in [0.2, 0.25) is 0 Å². The van der Waals surface area contributed by atoms with Crippen molar-refractivity contribution in [2.75, 3.05) is 7.11 Å². The SMILES string of the molecule is COc1ccc2c3c(cc(O)c2c1)C(C)(C)C(C)(O)c1ccccc1-3. The van der Waals surface area contributed by atoms with Crippen LogP contribution >= 0.6 is 0 Å². The third kappa shape index (κ3) is 1.96. The summed E-state index contributed by atoms with van der Waals surface area (Å²) in [6.07, 6.45) is 0. The van der Waals surface area contributed by atoms with Gasteiger partial charge < -0.3 is 14.9 Å². The zero-order chi connectivity index (χ0) is 18.0. The summed E-state index contributed by atoms with van der Waals surface area (Å²) in [6, 6.07) is 15.5. The summed E-state index contributed by atoms with van der Waals surface area (Å²) in [5.74, 6) is 0.911. The summed E-state index contributed by atoms with van der Waals surface area (Å²) in [6.45, 7) is 5.90. The second-order valence-corrected chi connectivity index (χ2v) is 7.47. The summed E-state index contributed by atoms with van der Waals surface area (Å²) in [5, 5.41) is 23.7. The van der Waals surface area contributed by atoms with E-state index in [4.69, 9.17) is 4.74 Å². The van der Waals surface area contributed by atoms with E-state index >= 15 is 0 Å².